The molecule has 0 saturated heterocycles. The van der Waals surface area contributed by atoms with E-state index in [2.05, 4.69) is 51.8 Å². The summed E-state index contributed by atoms with van der Waals surface area (Å²) in [7, 11) is 2.09. The first-order valence-electron chi connectivity index (χ1n) is 8.10. The second kappa shape index (κ2) is 6.37. The zero-order valence-electron chi connectivity index (χ0n) is 14.0. The minimum absolute atomic E-state index is 0.0244. The van der Waals surface area contributed by atoms with Crippen LogP contribution in [0.25, 0.3) is 0 Å². The molecule has 0 amide bonds. The number of hydrogen-bond donors (Lipinski definition) is 1. The lowest BCUT2D eigenvalue weighted by Crippen LogP contribution is -2.57. The van der Waals surface area contributed by atoms with Gasteiger partial charge in [0.25, 0.3) is 0 Å². The predicted octanol–water partition coefficient (Wildman–Crippen LogP) is 3.55. The van der Waals surface area contributed by atoms with Gasteiger partial charge in [-0.1, -0.05) is 26.3 Å². The van der Waals surface area contributed by atoms with E-state index in [-0.39, 0.29) is 6.04 Å². The predicted molar refractivity (Wildman–Crippen MR) is 86.8 cm³/mol. The summed E-state index contributed by atoms with van der Waals surface area (Å²) < 4.78 is 6.20. The van der Waals surface area contributed by atoms with Crippen molar-refractivity contribution in [2.45, 2.75) is 64.7 Å². The van der Waals surface area contributed by atoms with Crippen LogP contribution in [0.2, 0.25) is 0 Å². The molecule has 0 saturated carbocycles. The lowest BCUT2D eigenvalue weighted by atomic mass is 9.84. The molecule has 1 aromatic carbocycles. The van der Waals surface area contributed by atoms with E-state index in [4.69, 9.17) is 4.74 Å². The summed E-state index contributed by atoms with van der Waals surface area (Å²) in [6, 6.07) is 6.16. The molecular weight excluding hydrogens is 262 g/mol. The fourth-order valence-electron chi connectivity index (χ4n) is 3.35. The fourth-order valence-corrected chi connectivity index (χ4v) is 3.35. The molecule has 1 aromatic rings. The summed E-state index contributed by atoms with van der Waals surface area (Å²) in [4.78, 5) is 2.25. The third-order valence-electron chi connectivity index (χ3n) is 4.52. The van der Waals surface area contributed by atoms with Gasteiger partial charge in [0.2, 0.25) is 0 Å². The number of unbranched alkanes of at least 4 members (excludes halogenated alkanes) is 1. The van der Waals surface area contributed by atoms with Crippen LogP contribution in [-0.4, -0.2) is 35.2 Å². The van der Waals surface area contributed by atoms with Gasteiger partial charge in [-0.25, -0.2) is 0 Å². The van der Waals surface area contributed by atoms with Crippen LogP contribution in [0.15, 0.2) is 18.2 Å². The van der Waals surface area contributed by atoms with E-state index in [9.17, 15) is 5.11 Å². The van der Waals surface area contributed by atoms with Gasteiger partial charge < -0.3 is 9.84 Å². The van der Waals surface area contributed by atoms with Crippen molar-refractivity contribution in [1.29, 1.82) is 0 Å². The molecule has 1 aliphatic heterocycles. The Balaban J connectivity index is 2.33. The highest BCUT2D eigenvalue weighted by Gasteiger charge is 2.45. The number of aliphatic hydroxyl groups excluding tert-OH is 1. The number of likely N-dealkylation sites (N-methyl/N-ethyl adjacent to an activating group) is 1. The maximum absolute atomic E-state index is 10.9. The molecule has 2 rings (SSSR count). The van der Waals surface area contributed by atoms with Gasteiger partial charge >= 0.3 is 0 Å². The normalized spacial score (nSPS) is 23.8. The van der Waals surface area contributed by atoms with E-state index in [1.165, 1.54) is 5.56 Å². The molecule has 3 nitrogen and oxygen atoms in total. The van der Waals surface area contributed by atoms with Crippen LogP contribution in [0.4, 0.5) is 0 Å². The number of fused-ring (bicyclic) bond motifs is 1. The average Bonchev–Trinajstić information content (AvgIpc) is 2.44. The number of ether oxygens (including phenoxy) is 1. The van der Waals surface area contributed by atoms with E-state index in [0.29, 0.717) is 0 Å². The first kappa shape index (κ1) is 16.3. The first-order chi connectivity index (χ1) is 9.90. The van der Waals surface area contributed by atoms with E-state index in [1.54, 1.807) is 0 Å². The summed E-state index contributed by atoms with van der Waals surface area (Å²) >= 11 is 0. The summed E-state index contributed by atoms with van der Waals surface area (Å²) in [6.45, 7) is 9.44. The molecular formula is C18H29NO2. The minimum Gasteiger partial charge on any atom is -0.486 e. The highest BCUT2D eigenvalue weighted by molar-refractivity contribution is 5.42. The Labute approximate surface area is 128 Å². The van der Waals surface area contributed by atoms with Crippen molar-refractivity contribution < 1.29 is 9.84 Å². The Morgan fingerprint density at radius 1 is 1.29 bits per heavy atom. The van der Waals surface area contributed by atoms with Crippen LogP contribution in [-0.2, 0) is 6.42 Å². The van der Waals surface area contributed by atoms with Crippen LogP contribution >= 0.6 is 0 Å². The Hall–Kier alpha value is -1.06. The van der Waals surface area contributed by atoms with E-state index >= 15 is 0 Å². The molecule has 0 radical (unpaired) electrons. The van der Waals surface area contributed by atoms with Crippen molar-refractivity contribution >= 4 is 0 Å². The highest BCUT2D eigenvalue weighted by Crippen LogP contribution is 2.42. The third-order valence-corrected chi connectivity index (χ3v) is 4.52. The van der Waals surface area contributed by atoms with Gasteiger partial charge in [0.1, 0.15) is 17.5 Å². The largest absolute Gasteiger partial charge is 0.486 e. The molecule has 0 bridgehead atoms. The molecule has 1 aliphatic rings. The van der Waals surface area contributed by atoms with Gasteiger partial charge in [-0.15, -0.1) is 0 Å². The average molecular weight is 291 g/mol. The molecule has 0 aromatic heterocycles. The second-order valence-corrected chi connectivity index (χ2v) is 6.66. The first-order valence-corrected chi connectivity index (χ1v) is 8.10. The summed E-state index contributed by atoms with van der Waals surface area (Å²) in [5, 5.41) is 10.9. The molecule has 0 fully saturated rings. The quantitative estimate of drug-likeness (QED) is 0.900. The van der Waals surface area contributed by atoms with Crippen molar-refractivity contribution in [1.82, 2.24) is 4.90 Å². The van der Waals surface area contributed by atoms with Crippen molar-refractivity contribution in [3.8, 4) is 5.75 Å². The summed E-state index contributed by atoms with van der Waals surface area (Å²) in [5.74, 6) is 0.824. The van der Waals surface area contributed by atoms with E-state index < -0.39 is 11.7 Å². The number of hydrogen-bond acceptors (Lipinski definition) is 3. The monoisotopic (exact) mass is 291 g/mol. The lowest BCUT2D eigenvalue weighted by molar-refractivity contribution is -0.0749. The minimum atomic E-state index is -0.503. The molecule has 21 heavy (non-hydrogen) atoms. The third kappa shape index (κ3) is 3.24. The summed E-state index contributed by atoms with van der Waals surface area (Å²) in [6.07, 6.45) is 2.76. The van der Waals surface area contributed by atoms with Gasteiger partial charge in [0.05, 0.1) is 6.04 Å². The SMILES string of the molecule is CCCCN(C)C1C(O)c2cc(CC)ccc2OC1(C)C. The number of aliphatic hydroxyl groups is 1. The zero-order valence-corrected chi connectivity index (χ0v) is 14.0. The van der Waals surface area contributed by atoms with Crippen LogP contribution < -0.4 is 4.74 Å². The molecule has 0 aliphatic carbocycles. The number of aryl methyl sites for hydroxylation is 1. The number of rotatable bonds is 5. The second-order valence-electron chi connectivity index (χ2n) is 6.66. The Kier molecular flexibility index (Phi) is 4.95. The molecule has 2 unspecified atom stereocenters. The van der Waals surface area contributed by atoms with Crippen LogP contribution in [0, 0.1) is 0 Å². The van der Waals surface area contributed by atoms with Crippen molar-refractivity contribution in [2.75, 3.05) is 13.6 Å². The van der Waals surface area contributed by atoms with Crippen molar-refractivity contribution in [3.05, 3.63) is 29.3 Å². The van der Waals surface area contributed by atoms with Gasteiger partial charge in [-0.3, -0.25) is 4.90 Å². The topological polar surface area (TPSA) is 32.7 Å². The molecule has 1 heterocycles. The molecule has 2 atom stereocenters. The maximum Gasteiger partial charge on any atom is 0.126 e. The fraction of sp³-hybridized carbons (Fsp3) is 0.667. The van der Waals surface area contributed by atoms with E-state index in [1.807, 2.05) is 6.07 Å². The molecule has 118 valence electrons. The van der Waals surface area contributed by atoms with Gasteiger partial charge in [0, 0.05) is 5.56 Å². The molecule has 1 N–H and O–H groups in total. The van der Waals surface area contributed by atoms with Gasteiger partial charge in [-0.2, -0.15) is 0 Å². The van der Waals surface area contributed by atoms with Crippen molar-refractivity contribution in [3.63, 3.8) is 0 Å². The van der Waals surface area contributed by atoms with Gasteiger partial charge in [0.15, 0.2) is 0 Å². The molecule has 0 spiro atoms. The van der Waals surface area contributed by atoms with Crippen LogP contribution in [0.1, 0.15) is 57.8 Å². The Bertz CT molecular complexity index is 484. The Morgan fingerprint density at radius 2 is 2.00 bits per heavy atom. The molecule has 3 heteroatoms. The lowest BCUT2D eigenvalue weighted by Gasteiger charge is -2.47. The highest BCUT2D eigenvalue weighted by atomic mass is 16.5. The van der Waals surface area contributed by atoms with E-state index in [0.717, 1.165) is 37.1 Å². The smallest absolute Gasteiger partial charge is 0.126 e. The summed E-state index contributed by atoms with van der Waals surface area (Å²) in [5.41, 5.74) is 1.77. The standard InChI is InChI=1S/C18H29NO2/c1-6-8-11-19(5)17-16(20)14-12-13(7-2)9-10-15(14)21-18(17,3)4/h9-10,12,16-17,20H,6-8,11H2,1-5H3. The van der Waals surface area contributed by atoms with Crippen LogP contribution in [0.5, 0.6) is 5.75 Å². The Morgan fingerprint density at radius 3 is 2.62 bits per heavy atom. The van der Waals surface area contributed by atoms with Crippen LogP contribution in [0.3, 0.4) is 0 Å². The van der Waals surface area contributed by atoms with Gasteiger partial charge in [-0.05, 0) is 58.0 Å². The van der Waals surface area contributed by atoms with Crippen molar-refractivity contribution in [2.24, 2.45) is 0 Å². The number of benzene rings is 1. The maximum atomic E-state index is 10.9. The zero-order chi connectivity index (χ0) is 15.6. The number of nitrogens with zero attached hydrogens (tertiary/aromatic N) is 1.